The van der Waals surface area contributed by atoms with Crippen molar-refractivity contribution in [3.05, 3.63) is 46.9 Å². The highest BCUT2D eigenvalue weighted by molar-refractivity contribution is 7.17. The van der Waals surface area contributed by atoms with Gasteiger partial charge in [0.05, 0.1) is 6.54 Å². The Morgan fingerprint density at radius 2 is 1.96 bits per heavy atom. The molecular formula is C19H24ClN5S. The number of nitrogens with zero attached hydrogens (tertiary/aromatic N) is 4. The van der Waals surface area contributed by atoms with Gasteiger partial charge in [0.25, 0.3) is 0 Å². The lowest BCUT2D eigenvalue weighted by Crippen LogP contribution is -2.34. The average Bonchev–Trinajstić information content (AvgIpc) is 3.27. The molecule has 0 spiro atoms. The van der Waals surface area contributed by atoms with Crippen LogP contribution in [0.2, 0.25) is 0 Å². The quantitative estimate of drug-likeness (QED) is 0.745. The van der Waals surface area contributed by atoms with Gasteiger partial charge in [-0.15, -0.1) is 33.9 Å². The summed E-state index contributed by atoms with van der Waals surface area (Å²) in [6, 6.07) is 8.75. The predicted octanol–water partition coefficient (Wildman–Crippen LogP) is 3.40. The number of rotatable bonds is 3. The monoisotopic (exact) mass is 389 g/mol. The highest BCUT2D eigenvalue weighted by Crippen LogP contribution is 2.31. The molecule has 0 amide bonds. The Balaban J connectivity index is 0.00000168. The number of aromatic nitrogens is 3. The van der Waals surface area contributed by atoms with Crippen molar-refractivity contribution in [2.45, 2.75) is 38.4 Å². The Labute approximate surface area is 163 Å². The highest BCUT2D eigenvalue weighted by Gasteiger charge is 2.27. The first-order valence-corrected chi connectivity index (χ1v) is 10.1. The molecule has 2 aromatic heterocycles. The third-order valence-electron chi connectivity index (χ3n) is 5.56. The summed E-state index contributed by atoms with van der Waals surface area (Å²) in [4.78, 5) is 2.60. The minimum atomic E-state index is 0. The van der Waals surface area contributed by atoms with Crippen LogP contribution >= 0.6 is 23.7 Å². The highest BCUT2D eigenvalue weighted by atomic mass is 35.5. The van der Waals surface area contributed by atoms with E-state index in [0.717, 1.165) is 45.1 Å². The molecule has 3 aromatic rings. The summed E-state index contributed by atoms with van der Waals surface area (Å²) in [5.74, 6) is 2.89. The molecule has 0 saturated carbocycles. The molecule has 0 unspecified atom stereocenters. The number of fused-ring (bicyclic) bond motifs is 2. The molecule has 0 atom stereocenters. The fourth-order valence-electron chi connectivity index (χ4n) is 4.16. The van der Waals surface area contributed by atoms with Crippen molar-refractivity contribution in [3.63, 3.8) is 0 Å². The first kappa shape index (κ1) is 17.9. The van der Waals surface area contributed by atoms with Gasteiger partial charge in [-0.05, 0) is 48.3 Å². The number of halogens is 1. The zero-order chi connectivity index (χ0) is 16.6. The molecular weight excluding hydrogens is 366 g/mol. The minimum Gasteiger partial charge on any atom is -0.312 e. The van der Waals surface area contributed by atoms with Crippen molar-refractivity contribution in [3.8, 4) is 0 Å². The lowest BCUT2D eigenvalue weighted by molar-refractivity contribution is 0.200. The zero-order valence-electron chi connectivity index (χ0n) is 14.7. The molecule has 2 aliphatic heterocycles. The molecule has 5 nitrogen and oxygen atoms in total. The van der Waals surface area contributed by atoms with Gasteiger partial charge in [0.15, 0.2) is 0 Å². The van der Waals surface area contributed by atoms with Crippen molar-refractivity contribution in [1.82, 2.24) is 25.0 Å². The maximum atomic E-state index is 4.52. The molecule has 7 heteroatoms. The normalized spacial score (nSPS) is 18.6. The Morgan fingerprint density at radius 1 is 1.12 bits per heavy atom. The molecule has 0 bridgehead atoms. The minimum absolute atomic E-state index is 0. The fraction of sp³-hybridized carbons (Fsp3) is 0.474. The number of likely N-dealkylation sites (tertiary alicyclic amines) is 1. The van der Waals surface area contributed by atoms with Crippen LogP contribution in [-0.4, -0.2) is 39.3 Å². The Kier molecular flexibility index (Phi) is 5.27. The maximum Gasteiger partial charge on any atom is 0.147 e. The van der Waals surface area contributed by atoms with Crippen LogP contribution in [0.15, 0.2) is 29.6 Å². The van der Waals surface area contributed by atoms with Crippen LogP contribution in [0.1, 0.15) is 36.0 Å². The predicted molar refractivity (Wildman–Crippen MR) is 108 cm³/mol. The Hall–Kier alpha value is -1.47. The van der Waals surface area contributed by atoms with Gasteiger partial charge in [-0.2, -0.15) is 0 Å². The van der Waals surface area contributed by atoms with Crippen molar-refractivity contribution >= 4 is 33.8 Å². The summed E-state index contributed by atoms with van der Waals surface area (Å²) >= 11 is 1.86. The molecule has 0 aliphatic carbocycles. The zero-order valence-corrected chi connectivity index (χ0v) is 16.4. The lowest BCUT2D eigenvalue weighted by Gasteiger charge is -2.32. The molecule has 26 heavy (non-hydrogen) atoms. The van der Waals surface area contributed by atoms with Crippen molar-refractivity contribution in [2.75, 3.05) is 19.6 Å². The second-order valence-electron chi connectivity index (χ2n) is 7.11. The summed E-state index contributed by atoms with van der Waals surface area (Å²) in [7, 11) is 0. The number of hydrogen-bond donors (Lipinski definition) is 1. The van der Waals surface area contributed by atoms with Gasteiger partial charge in [0.1, 0.15) is 11.6 Å². The molecule has 4 heterocycles. The van der Waals surface area contributed by atoms with E-state index >= 15 is 0 Å². The van der Waals surface area contributed by atoms with E-state index in [1.165, 1.54) is 34.3 Å². The molecule has 1 saturated heterocycles. The van der Waals surface area contributed by atoms with Gasteiger partial charge >= 0.3 is 0 Å². The SMILES string of the molecule is Cl.c1ccc2c(CN3CCC(c4nnc5n4CCNC5)CC3)csc2c1. The van der Waals surface area contributed by atoms with Crippen molar-refractivity contribution in [1.29, 1.82) is 0 Å². The molecule has 2 aliphatic rings. The van der Waals surface area contributed by atoms with E-state index in [4.69, 9.17) is 0 Å². The molecule has 0 radical (unpaired) electrons. The summed E-state index contributed by atoms with van der Waals surface area (Å²) in [6.07, 6.45) is 2.38. The van der Waals surface area contributed by atoms with Crippen LogP contribution in [0.4, 0.5) is 0 Å². The van der Waals surface area contributed by atoms with E-state index in [-0.39, 0.29) is 12.4 Å². The van der Waals surface area contributed by atoms with Crippen LogP contribution in [0, 0.1) is 0 Å². The second kappa shape index (κ2) is 7.64. The van der Waals surface area contributed by atoms with E-state index in [0.29, 0.717) is 5.92 Å². The third kappa shape index (κ3) is 3.27. The van der Waals surface area contributed by atoms with Crippen molar-refractivity contribution in [2.24, 2.45) is 0 Å². The van der Waals surface area contributed by atoms with Crippen LogP contribution in [-0.2, 0) is 19.6 Å². The van der Waals surface area contributed by atoms with E-state index in [2.05, 4.69) is 54.6 Å². The number of thiophene rings is 1. The van der Waals surface area contributed by atoms with Gasteiger partial charge in [-0.3, -0.25) is 4.90 Å². The molecule has 1 fully saturated rings. The summed E-state index contributed by atoms with van der Waals surface area (Å²) < 4.78 is 3.75. The third-order valence-corrected chi connectivity index (χ3v) is 6.57. The number of nitrogens with one attached hydrogen (secondary N) is 1. The number of piperidine rings is 1. The average molecular weight is 390 g/mol. The molecule has 5 rings (SSSR count). The van der Waals surface area contributed by atoms with Gasteiger partial charge in [-0.1, -0.05) is 18.2 Å². The van der Waals surface area contributed by atoms with Crippen LogP contribution in [0.3, 0.4) is 0 Å². The molecule has 138 valence electrons. The topological polar surface area (TPSA) is 46.0 Å². The summed E-state index contributed by atoms with van der Waals surface area (Å²) in [5, 5.41) is 16.0. The first-order valence-electron chi connectivity index (χ1n) is 9.18. The summed E-state index contributed by atoms with van der Waals surface area (Å²) in [5.41, 5.74) is 1.48. The Morgan fingerprint density at radius 3 is 2.85 bits per heavy atom. The van der Waals surface area contributed by atoms with Gasteiger partial charge < -0.3 is 9.88 Å². The van der Waals surface area contributed by atoms with Crippen LogP contribution in [0.25, 0.3) is 10.1 Å². The largest absolute Gasteiger partial charge is 0.312 e. The smallest absolute Gasteiger partial charge is 0.147 e. The van der Waals surface area contributed by atoms with Crippen LogP contribution < -0.4 is 5.32 Å². The van der Waals surface area contributed by atoms with E-state index in [9.17, 15) is 0 Å². The fourth-order valence-corrected chi connectivity index (χ4v) is 5.12. The maximum absolute atomic E-state index is 4.52. The Bertz CT molecular complexity index is 881. The van der Waals surface area contributed by atoms with Crippen LogP contribution in [0.5, 0.6) is 0 Å². The van der Waals surface area contributed by atoms with E-state index in [1.54, 1.807) is 0 Å². The second-order valence-corrected chi connectivity index (χ2v) is 8.02. The van der Waals surface area contributed by atoms with E-state index in [1.807, 2.05) is 11.3 Å². The molecule has 1 aromatic carbocycles. The molecule has 1 N–H and O–H groups in total. The number of benzene rings is 1. The van der Waals surface area contributed by atoms with Gasteiger partial charge in [-0.25, -0.2) is 0 Å². The van der Waals surface area contributed by atoms with Gasteiger partial charge in [0.2, 0.25) is 0 Å². The van der Waals surface area contributed by atoms with Gasteiger partial charge in [0, 0.05) is 30.3 Å². The lowest BCUT2D eigenvalue weighted by atomic mass is 9.95. The standard InChI is InChI=1S/C19H23N5S.ClH/c1-2-4-17-16(3-1)15(13-25-17)12-23-8-5-14(6-9-23)19-22-21-18-11-20-7-10-24(18)19;/h1-4,13-14,20H,5-12H2;1H. The number of hydrogen-bond acceptors (Lipinski definition) is 5. The van der Waals surface area contributed by atoms with E-state index < -0.39 is 0 Å². The first-order chi connectivity index (χ1) is 12.4. The summed E-state index contributed by atoms with van der Waals surface area (Å²) in [6.45, 7) is 6.27. The van der Waals surface area contributed by atoms with Crippen molar-refractivity contribution < 1.29 is 0 Å².